The quantitative estimate of drug-likeness (QED) is 0.290. The van der Waals surface area contributed by atoms with E-state index in [2.05, 4.69) is 15.3 Å². The molecule has 2 bridgehead atoms. The predicted octanol–water partition coefficient (Wildman–Crippen LogP) is 6.18. The fourth-order valence-corrected chi connectivity index (χ4v) is 6.68. The van der Waals surface area contributed by atoms with Crippen LogP contribution in [0.25, 0.3) is 11.0 Å². The van der Waals surface area contributed by atoms with Crippen LogP contribution in [0.1, 0.15) is 79.8 Å². The Morgan fingerprint density at radius 2 is 1.92 bits per heavy atom. The van der Waals surface area contributed by atoms with E-state index in [1.165, 1.54) is 18.1 Å². The highest BCUT2D eigenvalue weighted by Gasteiger charge is 2.55. The highest BCUT2D eigenvalue weighted by molar-refractivity contribution is 5.91. The van der Waals surface area contributed by atoms with Crippen LogP contribution in [0.15, 0.2) is 30.4 Å². The fraction of sp³-hybridized carbons (Fsp3) is 0.639. The van der Waals surface area contributed by atoms with Crippen LogP contribution in [0, 0.1) is 23.2 Å². The SMILES string of the molecule is CC[C@@H]1[C@@H]2CN(C(=O)[C@H](C(C)(C)C)NC(=O)O[C@@]3(C)C[C@@H]3CC/C=C/C(F)(F)c3nc4ccc(OC)cc4nc3O2)[C@@H]1C(=O)OCC(C)C. The zero-order chi connectivity index (χ0) is 35.9. The fourth-order valence-electron chi connectivity index (χ4n) is 6.68. The maximum absolute atomic E-state index is 16.1. The Labute approximate surface area is 286 Å². The maximum atomic E-state index is 16.1. The summed E-state index contributed by atoms with van der Waals surface area (Å²) >= 11 is 0. The molecule has 1 saturated heterocycles. The van der Waals surface area contributed by atoms with Gasteiger partial charge in [0, 0.05) is 17.9 Å². The first-order valence-corrected chi connectivity index (χ1v) is 17.0. The number of hydrogen-bond acceptors (Lipinski definition) is 9. The van der Waals surface area contributed by atoms with Gasteiger partial charge in [0.05, 0.1) is 31.3 Å². The molecule has 49 heavy (non-hydrogen) atoms. The zero-order valence-corrected chi connectivity index (χ0v) is 29.5. The van der Waals surface area contributed by atoms with Gasteiger partial charge in [-0.25, -0.2) is 19.6 Å². The predicted molar refractivity (Wildman–Crippen MR) is 177 cm³/mol. The molecular weight excluding hydrogens is 638 g/mol. The van der Waals surface area contributed by atoms with Crippen LogP contribution in [0.3, 0.4) is 0 Å². The number of ether oxygens (including phenoxy) is 4. The molecule has 2 aromatic rings. The van der Waals surface area contributed by atoms with Crippen LogP contribution in [-0.2, 0) is 25.0 Å². The minimum Gasteiger partial charge on any atom is -0.497 e. The number of hydrogen-bond donors (Lipinski definition) is 1. The highest BCUT2D eigenvalue weighted by atomic mass is 19.3. The summed E-state index contributed by atoms with van der Waals surface area (Å²) in [7, 11) is 1.48. The van der Waals surface area contributed by atoms with Crippen molar-refractivity contribution >= 4 is 29.0 Å². The van der Waals surface area contributed by atoms with Gasteiger partial charge in [-0.3, -0.25) is 4.79 Å². The number of allylic oxidation sites excluding steroid dienone is 2. The summed E-state index contributed by atoms with van der Waals surface area (Å²) in [5, 5.41) is 2.78. The number of carbonyl (C=O) groups excluding carboxylic acids is 3. The topological polar surface area (TPSA) is 129 Å². The van der Waals surface area contributed by atoms with E-state index >= 15 is 8.78 Å². The van der Waals surface area contributed by atoms with E-state index in [0.717, 1.165) is 6.08 Å². The molecule has 1 aliphatic carbocycles. The number of amides is 2. The normalized spacial score (nSPS) is 29.4. The molecule has 268 valence electrons. The van der Waals surface area contributed by atoms with Gasteiger partial charge in [0.2, 0.25) is 11.8 Å². The molecule has 1 aromatic heterocycles. The van der Waals surface area contributed by atoms with Gasteiger partial charge < -0.3 is 29.2 Å². The molecule has 3 heterocycles. The van der Waals surface area contributed by atoms with Crippen molar-refractivity contribution in [2.45, 2.75) is 104 Å². The third-order valence-corrected chi connectivity index (χ3v) is 9.63. The van der Waals surface area contributed by atoms with Crippen molar-refractivity contribution in [2.24, 2.45) is 23.2 Å². The largest absolute Gasteiger partial charge is 0.497 e. The molecule has 2 amide bonds. The lowest BCUT2D eigenvalue weighted by Gasteiger charge is -2.35. The van der Waals surface area contributed by atoms with E-state index in [0.29, 0.717) is 31.4 Å². The van der Waals surface area contributed by atoms with Gasteiger partial charge in [-0.05, 0) is 62.1 Å². The molecule has 0 unspecified atom stereocenters. The number of halogens is 2. The number of alkyl halides is 2. The highest BCUT2D eigenvalue weighted by Crippen LogP contribution is 2.50. The molecule has 13 heteroatoms. The van der Waals surface area contributed by atoms with Gasteiger partial charge in [0.25, 0.3) is 0 Å². The smallest absolute Gasteiger partial charge is 0.408 e. The Hall–Kier alpha value is -4.03. The molecule has 0 spiro atoms. The second-order valence-electron chi connectivity index (χ2n) is 15.1. The molecule has 1 N–H and O–H groups in total. The van der Waals surface area contributed by atoms with Crippen molar-refractivity contribution in [3.05, 3.63) is 36.0 Å². The molecule has 2 aliphatic heterocycles. The van der Waals surface area contributed by atoms with E-state index in [1.807, 2.05) is 20.8 Å². The molecule has 1 aromatic carbocycles. The van der Waals surface area contributed by atoms with Gasteiger partial charge in [0.15, 0.2) is 5.69 Å². The monoisotopic (exact) mass is 686 g/mol. The van der Waals surface area contributed by atoms with Crippen LogP contribution in [0.4, 0.5) is 13.6 Å². The Balaban J connectivity index is 1.64. The summed E-state index contributed by atoms with van der Waals surface area (Å²) in [4.78, 5) is 51.7. The first kappa shape index (κ1) is 36.3. The number of methoxy groups -OCH3 is 1. The summed E-state index contributed by atoms with van der Waals surface area (Å²) in [6.45, 7) is 12.8. The number of esters is 1. The van der Waals surface area contributed by atoms with E-state index < -0.39 is 70.6 Å². The lowest BCUT2D eigenvalue weighted by molar-refractivity contribution is -0.157. The van der Waals surface area contributed by atoms with Crippen molar-refractivity contribution in [3.8, 4) is 11.6 Å². The summed E-state index contributed by atoms with van der Waals surface area (Å²) in [5.74, 6) is -5.39. The number of benzene rings is 1. The van der Waals surface area contributed by atoms with E-state index in [1.54, 1.807) is 45.9 Å². The van der Waals surface area contributed by atoms with Crippen molar-refractivity contribution in [2.75, 3.05) is 20.3 Å². The van der Waals surface area contributed by atoms with Gasteiger partial charge in [0.1, 0.15) is 29.5 Å². The summed E-state index contributed by atoms with van der Waals surface area (Å²) in [5.41, 5.74) is -1.77. The first-order chi connectivity index (χ1) is 23.0. The van der Waals surface area contributed by atoms with Gasteiger partial charge in [-0.1, -0.05) is 47.6 Å². The van der Waals surface area contributed by atoms with Crippen molar-refractivity contribution < 1.29 is 42.1 Å². The third kappa shape index (κ3) is 7.75. The second kappa shape index (κ2) is 13.7. The van der Waals surface area contributed by atoms with Gasteiger partial charge in [-0.2, -0.15) is 8.78 Å². The lowest BCUT2D eigenvalue weighted by Crippen LogP contribution is -2.57. The van der Waals surface area contributed by atoms with Crippen LogP contribution in [0.5, 0.6) is 11.6 Å². The van der Waals surface area contributed by atoms with Gasteiger partial charge in [-0.15, -0.1) is 0 Å². The van der Waals surface area contributed by atoms with Crippen LogP contribution in [-0.4, -0.2) is 76.9 Å². The number of fused-ring (bicyclic) bond motifs is 5. The second-order valence-corrected chi connectivity index (χ2v) is 15.1. The van der Waals surface area contributed by atoms with E-state index in [-0.39, 0.29) is 36.0 Å². The summed E-state index contributed by atoms with van der Waals surface area (Å²) < 4.78 is 55.3. The number of rotatable bonds is 5. The Morgan fingerprint density at radius 1 is 1.18 bits per heavy atom. The van der Waals surface area contributed by atoms with E-state index in [9.17, 15) is 14.4 Å². The Kier molecular flexibility index (Phi) is 10.1. The molecule has 11 nitrogen and oxygen atoms in total. The lowest BCUT2D eigenvalue weighted by atomic mass is 9.85. The summed E-state index contributed by atoms with van der Waals surface area (Å²) in [6, 6.07) is 2.53. The molecule has 6 atom stereocenters. The molecule has 0 radical (unpaired) electrons. The third-order valence-electron chi connectivity index (χ3n) is 9.63. The number of nitrogens with one attached hydrogen (secondary N) is 1. The molecule has 3 aliphatic rings. The maximum Gasteiger partial charge on any atom is 0.408 e. The average molecular weight is 687 g/mol. The molecule has 2 fully saturated rings. The number of nitrogens with zero attached hydrogens (tertiary/aromatic N) is 3. The van der Waals surface area contributed by atoms with Crippen LogP contribution >= 0.6 is 0 Å². The first-order valence-electron chi connectivity index (χ1n) is 17.0. The van der Waals surface area contributed by atoms with Crippen molar-refractivity contribution in [1.82, 2.24) is 20.2 Å². The average Bonchev–Trinajstić information content (AvgIpc) is 3.51. The number of carbonyl (C=O) groups is 3. The molecule has 1 saturated carbocycles. The Morgan fingerprint density at radius 3 is 2.57 bits per heavy atom. The minimum absolute atomic E-state index is 0.0263. The summed E-state index contributed by atoms with van der Waals surface area (Å²) in [6.07, 6.45) is 2.21. The van der Waals surface area contributed by atoms with Crippen LogP contribution in [0.2, 0.25) is 0 Å². The van der Waals surface area contributed by atoms with Gasteiger partial charge >= 0.3 is 18.0 Å². The minimum atomic E-state index is -3.58. The number of aromatic nitrogens is 2. The van der Waals surface area contributed by atoms with Crippen LogP contribution < -0.4 is 14.8 Å². The van der Waals surface area contributed by atoms with Crippen molar-refractivity contribution in [1.29, 1.82) is 0 Å². The standard InChI is InChI=1S/C36H48F2N4O7/c1-9-23-26-18-42(27(23)32(44)47-19-20(2)3)31(43)29(34(4,5)6)41-33(45)49-35(7)17-21(35)12-10-11-15-36(37,38)28-30(48-26)40-25-16-22(46-8)13-14-24(25)39-28/h11,13-16,20-21,23,26-27,29H,9-10,12,17-19H2,1-8H3,(H,41,45)/b15-11+/t21-,23+,26-,27-,29+,35-/m0/s1. The van der Waals surface area contributed by atoms with Crippen molar-refractivity contribution in [3.63, 3.8) is 0 Å². The van der Waals surface area contributed by atoms with E-state index in [4.69, 9.17) is 18.9 Å². The zero-order valence-electron chi connectivity index (χ0n) is 29.5. The molecular formula is C36H48F2N4O7. The number of alkyl carbamates (subject to hydrolysis) is 1. The molecule has 5 rings (SSSR count). The Bertz CT molecular complexity index is 1610.